The molecule has 0 aromatic heterocycles. The first kappa shape index (κ1) is 13.9. The van der Waals surface area contributed by atoms with Crippen molar-refractivity contribution in [2.24, 2.45) is 5.92 Å². The minimum Gasteiger partial charge on any atom is -0.369 e. The van der Waals surface area contributed by atoms with E-state index in [-0.39, 0.29) is 0 Å². The Balaban J connectivity index is 1.63. The smallest absolute Gasteiger partial charge is 0.0369 e. The summed E-state index contributed by atoms with van der Waals surface area (Å²) in [6, 6.07) is 9.25. The van der Waals surface area contributed by atoms with Gasteiger partial charge < -0.3 is 15.1 Å². The second-order valence-corrected chi connectivity index (χ2v) is 6.36. The molecule has 0 atom stereocenters. The molecule has 2 aliphatic rings. The lowest BCUT2D eigenvalue weighted by atomic mass is 9.91. The van der Waals surface area contributed by atoms with E-state index in [1.54, 1.807) is 0 Å². The van der Waals surface area contributed by atoms with Crippen molar-refractivity contribution in [3.8, 4) is 0 Å². The average Bonchev–Trinajstić information content (AvgIpc) is 2.49. The molecule has 0 amide bonds. The molecule has 3 heteroatoms. The van der Waals surface area contributed by atoms with Crippen LogP contribution in [0.15, 0.2) is 24.3 Å². The summed E-state index contributed by atoms with van der Waals surface area (Å²) in [4.78, 5) is 4.95. The highest BCUT2D eigenvalue weighted by atomic mass is 15.2. The molecule has 2 aliphatic heterocycles. The van der Waals surface area contributed by atoms with E-state index in [0.717, 1.165) is 19.0 Å². The Morgan fingerprint density at radius 3 is 2.60 bits per heavy atom. The predicted molar refractivity (Wildman–Crippen MR) is 85.4 cm³/mol. The molecule has 1 N–H and O–H groups in total. The first-order valence-electron chi connectivity index (χ1n) is 8.04. The number of piperazine rings is 1. The number of rotatable bonds is 3. The largest absolute Gasteiger partial charge is 0.369 e. The van der Waals surface area contributed by atoms with Crippen molar-refractivity contribution in [1.29, 1.82) is 0 Å². The molecule has 20 heavy (non-hydrogen) atoms. The number of nitrogens with one attached hydrogen (secondary N) is 1. The SMILES string of the molecule is CN1CCN(c2cccc(CC3CCNCC3)c2)CC1. The molecule has 0 radical (unpaired) electrons. The summed E-state index contributed by atoms with van der Waals surface area (Å²) in [7, 11) is 2.21. The van der Waals surface area contributed by atoms with Crippen LogP contribution in [-0.2, 0) is 6.42 Å². The van der Waals surface area contributed by atoms with E-state index in [1.165, 1.54) is 56.7 Å². The fourth-order valence-electron chi connectivity index (χ4n) is 3.36. The van der Waals surface area contributed by atoms with Gasteiger partial charge in [0.05, 0.1) is 0 Å². The Morgan fingerprint density at radius 1 is 1.10 bits per heavy atom. The van der Waals surface area contributed by atoms with Crippen molar-refractivity contribution in [1.82, 2.24) is 10.2 Å². The van der Waals surface area contributed by atoms with Crippen LogP contribution in [0.3, 0.4) is 0 Å². The van der Waals surface area contributed by atoms with Gasteiger partial charge >= 0.3 is 0 Å². The third kappa shape index (κ3) is 3.53. The molecule has 3 nitrogen and oxygen atoms in total. The van der Waals surface area contributed by atoms with Gasteiger partial charge in [-0.3, -0.25) is 0 Å². The first-order valence-corrected chi connectivity index (χ1v) is 8.04. The van der Waals surface area contributed by atoms with Gasteiger partial charge in [-0.2, -0.15) is 0 Å². The Bertz CT molecular complexity index is 418. The molecule has 1 aromatic rings. The van der Waals surface area contributed by atoms with Crippen molar-refractivity contribution in [3.63, 3.8) is 0 Å². The number of anilines is 1. The van der Waals surface area contributed by atoms with Crippen LogP contribution in [0.25, 0.3) is 0 Å². The van der Waals surface area contributed by atoms with Crippen molar-refractivity contribution >= 4 is 5.69 Å². The number of hydrogen-bond acceptors (Lipinski definition) is 3. The van der Waals surface area contributed by atoms with Gasteiger partial charge in [0, 0.05) is 31.9 Å². The van der Waals surface area contributed by atoms with E-state index in [2.05, 4.69) is 46.4 Å². The van der Waals surface area contributed by atoms with Gasteiger partial charge in [-0.25, -0.2) is 0 Å². The number of nitrogens with zero attached hydrogens (tertiary/aromatic N) is 2. The van der Waals surface area contributed by atoms with Crippen molar-refractivity contribution in [2.45, 2.75) is 19.3 Å². The normalized spacial score (nSPS) is 22.1. The van der Waals surface area contributed by atoms with Crippen LogP contribution >= 0.6 is 0 Å². The monoisotopic (exact) mass is 273 g/mol. The van der Waals surface area contributed by atoms with E-state index in [4.69, 9.17) is 0 Å². The van der Waals surface area contributed by atoms with Crippen LogP contribution < -0.4 is 10.2 Å². The van der Waals surface area contributed by atoms with Crippen LogP contribution in [0.1, 0.15) is 18.4 Å². The van der Waals surface area contributed by atoms with Gasteiger partial charge in [0.1, 0.15) is 0 Å². The van der Waals surface area contributed by atoms with Gasteiger partial charge in [-0.05, 0) is 63.0 Å². The van der Waals surface area contributed by atoms with Crippen molar-refractivity contribution in [2.75, 3.05) is 51.2 Å². The Hall–Kier alpha value is -1.06. The molecular weight excluding hydrogens is 246 g/mol. The Kier molecular flexibility index (Phi) is 4.58. The lowest BCUT2D eigenvalue weighted by Crippen LogP contribution is -2.44. The molecular formula is C17H27N3. The fourth-order valence-corrected chi connectivity index (χ4v) is 3.36. The number of hydrogen-bond donors (Lipinski definition) is 1. The molecule has 2 saturated heterocycles. The summed E-state index contributed by atoms with van der Waals surface area (Å²) >= 11 is 0. The molecule has 0 bridgehead atoms. The zero-order valence-corrected chi connectivity index (χ0v) is 12.6. The van der Waals surface area contributed by atoms with E-state index in [9.17, 15) is 0 Å². The first-order chi connectivity index (χ1) is 9.81. The minimum absolute atomic E-state index is 0.874. The molecule has 1 aromatic carbocycles. The van der Waals surface area contributed by atoms with Gasteiger partial charge in [-0.1, -0.05) is 12.1 Å². The summed E-state index contributed by atoms with van der Waals surface area (Å²) in [5.74, 6) is 0.874. The molecule has 0 saturated carbocycles. The third-order valence-corrected chi connectivity index (χ3v) is 4.76. The third-order valence-electron chi connectivity index (χ3n) is 4.76. The van der Waals surface area contributed by atoms with E-state index >= 15 is 0 Å². The number of likely N-dealkylation sites (N-methyl/N-ethyl adjacent to an activating group) is 1. The summed E-state index contributed by atoms with van der Waals surface area (Å²) in [6.07, 6.45) is 3.92. The molecule has 2 fully saturated rings. The lowest BCUT2D eigenvalue weighted by Gasteiger charge is -2.34. The van der Waals surface area contributed by atoms with Crippen LogP contribution in [-0.4, -0.2) is 51.2 Å². The fraction of sp³-hybridized carbons (Fsp3) is 0.647. The van der Waals surface area contributed by atoms with E-state index < -0.39 is 0 Å². The number of piperidine rings is 1. The highest BCUT2D eigenvalue weighted by molar-refractivity contribution is 5.49. The molecule has 110 valence electrons. The number of benzene rings is 1. The van der Waals surface area contributed by atoms with Gasteiger partial charge in [0.2, 0.25) is 0 Å². The standard InChI is InChI=1S/C17H27N3/c1-19-9-11-20(12-10-19)17-4-2-3-16(14-17)13-15-5-7-18-8-6-15/h2-4,14-15,18H,5-13H2,1H3. The maximum absolute atomic E-state index is 3.45. The zero-order chi connectivity index (χ0) is 13.8. The van der Waals surface area contributed by atoms with Gasteiger partial charge in [0.15, 0.2) is 0 Å². The topological polar surface area (TPSA) is 18.5 Å². The quantitative estimate of drug-likeness (QED) is 0.908. The highest BCUT2D eigenvalue weighted by Crippen LogP contribution is 2.22. The maximum atomic E-state index is 3.45. The molecule has 0 unspecified atom stereocenters. The predicted octanol–water partition coefficient (Wildman–Crippen LogP) is 1.98. The van der Waals surface area contributed by atoms with Crippen LogP contribution in [0.4, 0.5) is 5.69 Å². The Morgan fingerprint density at radius 2 is 1.85 bits per heavy atom. The summed E-state index contributed by atoms with van der Waals surface area (Å²) in [6.45, 7) is 7.07. The molecule has 0 aliphatic carbocycles. The zero-order valence-electron chi connectivity index (χ0n) is 12.6. The lowest BCUT2D eigenvalue weighted by molar-refractivity contribution is 0.313. The maximum Gasteiger partial charge on any atom is 0.0369 e. The molecule has 0 spiro atoms. The summed E-state index contributed by atoms with van der Waals surface area (Å²) < 4.78 is 0. The highest BCUT2D eigenvalue weighted by Gasteiger charge is 2.16. The average molecular weight is 273 g/mol. The second kappa shape index (κ2) is 6.59. The van der Waals surface area contributed by atoms with Crippen LogP contribution in [0.2, 0.25) is 0 Å². The van der Waals surface area contributed by atoms with Gasteiger partial charge in [-0.15, -0.1) is 0 Å². The van der Waals surface area contributed by atoms with Crippen molar-refractivity contribution < 1.29 is 0 Å². The van der Waals surface area contributed by atoms with E-state index in [0.29, 0.717) is 0 Å². The summed E-state index contributed by atoms with van der Waals surface area (Å²) in [5, 5.41) is 3.45. The molecule has 2 heterocycles. The molecule has 3 rings (SSSR count). The van der Waals surface area contributed by atoms with Crippen LogP contribution in [0.5, 0.6) is 0 Å². The Labute approximate surface area is 123 Å². The van der Waals surface area contributed by atoms with Crippen LogP contribution in [0, 0.1) is 5.92 Å². The summed E-state index contributed by atoms with van der Waals surface area (Å²) in [5.41, 5.74) is 2.94. The van der Waals surface area contributed by atoms with Crippen molar-refractivity contribution in [3.05, 3.63) is 29.8 Å². The van der Waals surface area contributed by atoms with E-state index in [1.807, 2.05) is 0 Å². The minimum atomic E-state index is 0.874. The van der Waals surface area contributed by atoms with Gasteiger partial charge in [0.25, 0.3) is 0 Å². The second-order valence-electron chi connectivity index (χ2n) is 6.36.